The molecule has 0 fully saturated rings. The molecule has 0 spiro atoms. The molecule has 0 aliphatic rings. The zero-order chi connectivity index (χ0) is 9.52. The maximum atomic E-state index is 9.64. The highest BCUT2D eigenvalue weighted by molar-refractivity contribution is 5.12. The fraction of sp³-hybridized carbons (Fsp3) is 0.364. The summed E-state index contributed by atoms with van der Waals surface area (Å²) in [5.74, 6) is 5.72. The molecular weight excluding hydrogens is 162 g/mol. The zero-order valence-corrected chi connectivity index (χ0v) is 7.70. The third-order valence-corrected chi connectivity index (χ3v) is 1.79. The summed E-state index contributed by atoms with van der Waals surface area (Å²) < 4.78 is 0. The number of rotatable bonds is 3. The monoisotopic (exact) mass is 175 g/mol. The molecule has 2 heteroatoms. The summed E-state index contributed by atoms with van der Waals surface area (Å²) >= 11 is 0. The number of pyridine rings is 1. The molecule has 1 aromatic heterocycles. The first-order valence-electron chi connectivity index (χ1n) is 4.32. The number of nitrogens with zero attached hydrogens (tertiary/aromatic N) is 1. The molecule has 0 aliphatic carbocycles. The van der Waals surface area contributed by atoms with E-state index in [-0.39, 0.29) is 0 Å². The van der Waals surface area contributed by atoms with Crippen LogP contribution in [0.1, 0.15) is 31.4 Å². The number of hydrogen-bond acceptors (Lipinski definition) is 2. The zero-order valence-electron chi connectivity index (χ0n) is 7.70. The lowest BCUT2D eigenvalue weighted by Gasteiger charge is -2.07. The summed E-state index contributed by atoms with van der Waals surface area (Å²) in [6, 6.07) is 3.70. The molecule has 0 saturated heterocycles. The highest BCUT2D eigenvalue weighted by Gasteiger charge is 2.04. The summed E-state index contributed by atoms with van der Waals surface area (Å²) in [4.78, 5) is 3.94. The largest absolute Gasteiger partial charge is 0.388 e. The van der Waals surface area contributed by atoms with E-state index in [1.165, 1.54) is 0 Å². The van der Waals surface area contributed by atoms with E-state index in [1.54, 1.807) is 19.3 Å². The van der Waals surface area contributed by atoms with Gasteiger partial charge in [0.25, 0.3) is 0 Å². The Labute approximate surface area is 78.6 Å². The minimum atomic E-state index is -0.436. The fourth-order valence-electron chi connectivity index (χ4n) is 1.07. The first kappa shape index (κ1) is 9.76. The van der Waals surface area contributed by atoms with Gasteiger partial charge in [-0.1, -0.05) is 6.07 Å². The van der Waals surface area contributed by atoms with E-state index in [2.05, 4.69) is 16.8 Å². The number of aliphatic hydroxyl groups is 1. The third-order valence-electron chi connectivity index (χ3n) is 1.79. The van der Waals surface area contributed by atoms with Crippen molar-refractivity contribution in [3.8, 4) is 11.8 Å². The minimum absolute atomic E-state index is 0.436. The molecule has 0 aliphatic heterocycles. The highest BCUT2D eigenvalue weighted by Crippen LogP contribution is 2.15. The van der Waals surface area contributed by atoms with E-state index in [0.717, 1.165) is 12.0 Å². The smallest absolute Gasteiger partial charge is 0.0814 e. The molecule has 2 nitrogen and oxygen atoms in total. The average Bonchev–Trinajstić information content (AvgIpc) is 2.19. The molecule has 68 valence electrons. The maximum Gasteiger partial charge on any atom is 0.0814 e. The van der Waals surface area contributed by atoms with Gasteiger partial charge in [-0.15, -0.1) is 11.8 Å². The Bertz CT molecular complexity index is 297. The summed E-state index contributed by atoms with van der Waals surface area (Å²) in [6.07, 6.45) is 4.35. The van der Waals surface area contributed by atoms with Gasteiger partial charge in [0, 0.05) is 18.8 Å². The Morgan fingerprint density at radius 1 is 1.62 bits per heavy atom. The Kier molecular flexibility index (Phi) is 4.01. The minimum Gasteiger partial charge on any atom is -0.388 e. The van der Waals surface area contributed by atoms with E-state index < -0.39 is 6.10 Å². The molecule has 1 aromatic rings. The standard InChI is InChI=1S/C11H13NO/c1-2-3-4-7-11(13)10-6-5-8-12-9-10/h5-6,8-9,11,13H,4,7H2,1H3. The third kappa shape index (κ3) is 3.27. The van der Waals surface area contributed by atoms with Gasteiger partial charge in [-0.2, -0.15) is 0 Å². The Hall–Kier alpha value is -1.33. The van der Waals surface area contributed by atoms with E-state index >= 15 is 0 Å². The predicted molar refractivity (Wildman–Crippen MR) is 51.9 cm³/mol. The predicted octanol–water partition coefficient (Wildman–Crippen LogP) is 1.92. The second-order valence-corrected chi connectivity index (χ2v) is 2.77. The van der Waals surface area contributed by atoms with Gasteiger partial charge in [-0.25, -0.2) is 0 Å². The van der Waals surface area contributed by atoms with Gasteiger partial charge in [0.15, 0.2) is 0 Å². The molecule has 1 N–H and O–H groups in total. The lowest BCUT2D eigenvalue weighted by atomic mass is 10.1. The van der Waals surface area contributed by atoms with E-state index in [1.807, 2.05) is 12.1 Å². The van der Waals surface area contributed by atoms with E-state index in [9.17, 15) is 5.11 Å². The van der Waals surface area contributed by atoms with Crippen LogP contribution in [0.3, 0.4) is 0 Å². The van der Waals surface area contributed by atoms with Gasteiger partial charge in [0.05, 0.1) is 6.10 Å². The molecule has 1 unspecified atom stereocenters. The molecule has 1 rings (SSSR count). The van der Waals surface area contributed by atoms with Crippen molar-refractivity contribution < 1.29 is 5.11 Å². The topological polar surface area (TPSA) is 33.1 Å². The first-order valence-corrected chi connectivity index (χ1v) is 4.32. The SMILES string of the molecule is CC#CCCC(O)c1cccnc1. The number of aliphatic hydroxyl groups excluding tert-OH is 1. The molecule has 0 bridgehead atoms. The lowest BCUT2D eigenvalue weighted by molar-refractivity contribution is 0.169. The molecule has 0 aromatic carbocycles. The van der Waals surface area contributed by atoms with Crippen molar-refractivity contribution in [3.63, 3.8) is 0 Å². The fourth-order valence-corrected chi connectivity index (χ4v) is 1.07. The van der Waals surface area contributed by atoms with Crippen molar-refractivity contribution in [3.05, 3.63) is 30.1 Å². The molecule has 0 saturated carbocycles. The maximum absolute atomic E-state index is 9.64. The van der Waals surface area contributed by atoms with Crippen LogP contribution in [0.25, 0.3) is 0 Å². The van der Waals surface area contributed by atoms with Crippen molar-refractivity contribution in [1.82, 2.24) is 4.98 Å². The molecule has 0 radical (unpaired) electrons. The van der Waals surface area contributed by atoms with Crippen molar-refractivity contribution in [2.45, 2.75) is 25.9 Å². The van der Waals surface area contributed by atoms with Crippen LogP contribution in [0.4, 0.5) is 0 Å². The summed E-state index contributed by atoms with van der Waals surface area (Å²) in [5, 5.41) is 9.64. The van der Waals surface area contributed by atoms with Crippen molar-refractivity contribution in [2.75, 3.05) is 0 Å². The summed E-state index contributed by atoms with van der Waals surface area (Å²) in [5.41, 5.74) is 0.861. The number of aromatic nitrogens is 1. The molecule has 13 heavy (non-hydrogen) atoms. The Morgan fingerprint density at radius 3 is 3.08 bits per heavy atom. The van der Waals surface area contributed by atoms with Crippen LogP contribution in [0.2, 0.25) is 0 Å². The Balaban J connectivity index is 2.47. The van der Waals surface area contributed by atoms with Crippen molar-refractivity contribution >= 4 is 0 Å². The molecule has 1 heterocycles. The van der Waals surface area contributed by atoms with Crippen LogP contribution < -0.4 is 0 Å². The van der Waals surface area contributed by atoms with Crippen LogP contribution >= 0.6 is 0 Å². The van der Waals surface area contributed by atoms with Gasteiger partial charge in [0.2, 0.25) is 0 Å². The van der Waals surface area contributed by atoms with Crippen LogP contribution in [0.5, 0.6) is 0 Å². The molecule has 1 atom stereocenters. The second-order valence-electron chi connectivity index (χ2n) is 2.77. The normalized spacial score (nSPS) is 11.5. The van der Waals surface area contributed by atoms with Crippen LogP contribution in [-0.4, -0.2) is 10.1 Å². The molecule has 0 amide bonds. The van der Waals surface area contributed by atoms with E-state index in [4.69, 9.17) is 0 Å². The quantitative estimate of drug-likeness (QED) is 0.712. The summed E-state index contributed by atoms with van der Waals surface area (Å²) in [7, 11) is 0. The summed E-state index contributed by atoms with van der Waals surface area (Å²) in [6.45, 7) is 1.80. The molecular formula is C11H13NO. The van der Waals surface area contributed by atoms with Gasteiger partial charge in [0.1, 0.15) is 0 Å². The lowest BCUT2D eigenvalue weighted by Crippen LogP contribution is -1.96. The average molecular weight is 175 g/mol. The van der Waals surface area contributed by atoms with Gasteiger partial charge in [-0.3, -0.25) is 4.98 Å². The second kappa shape index (κ2) is 5.34. The van der Waals surface area contributed by atoms with Crippen LogP contribution in [0.15, 0.2) is 24.5 Å². The van der Waals surface area contributed by atoms with Gasteiger partial charge >= 0.3 is 0 Å². The van der Waals surface area contributed by atoms with Crippen molar-refractivity contribution in [2.24, 2.45) is 0 Å². The van der Waals surface area contributed by atoms with Gasteiger partial charge in [-0.05, 0) is 25.0 Å². The number of hydrogen-bond donors (Lipinski definition) is 1. The van der Waals surface area contributed by atoms with Crippen LogP contribution in [-0.2, 0) is 0 Å². The Morgan fingerprint density at radius 2 is 2.46 bits per heavy atom. The highest BCUT2D eigenvalue weighted by atomic mass is 16.3. The first-order chi connectivity index (χ1) is 6.34. The van der Waals surface area contributed by atoms with Crippen LogP contribution in [0, 0.1) is 11.8 Å². The van der Waals surface area contributed by atoms with Gasteiger partial charge < -0.3 is 5.11 Å². The van der Waals surface area contributed by atoms with E-state index in [0.29, 0.717) is 6.42 Å². The van der Waals surface area contributed by atoms with Crippen molar-refractivity contribution in [1.29, 1.82) is 0 Å².